The van der Waals surface area contributed by atoms with Crippen LogP contribution >= 0.6 is 11.3 Å². The summed E-state index contributed by atoms with van der Waals surface area (Å²) in [6.07, 6.45) is 4.01. The van der Waals surface area contributed by atoms with Crippen LogP contribution in [0.4, 0.5) is 10.5 Å². The van der Waals surface area contributed by atoms with Crippen LogP contribution in [0.5, 0.6) is 0 Å². The lowest BCUT2D eigenvalue weighted by Crippen LogP contribution is -2.47. The van der Waals surface area contributed by atoms with E-state index in [4.69, 9.17) is 0 Å². The van der Waals surface area contributed by atoms with Crippen LogP contribution < -0.4 is 10.6 Å². The number of benzene rings is 1. The minimum Gasteiger partial charge on any atom is -0.353 e. The van der Waals surface area contributed by atoms with Crippen molar-refractivity contribution < 1.29 is 9.59 Å². The number of nitrogens with one attached hydrogen (secondary N) is 2. The normalized spacial score (nSPS) is 14.8. The fourth-order valence-electron chi connectivity index (χ4n) is 3.13. The summed E-state index contributed by atoms with van der Waals surface area (Å²) in [6, 6.07) is 13.7. The molecule has 1 aliphatic rings. The van der Waals surface area contributed by atoms with Crippen LogP contribution in [-0.4, -0.2) is 36.0 Å². The number of amides is 3. The van der Waals surface area contributed by atoms with Gasteiger partial charge in [0.1, 0.15) is 0 Å². The lowest BCUT2D eigenvalue weighted by molar-refractivity contribution is -0.122. The van der Waals surface area contributed by atoms with Gasteiger partial charge in [-0.15, -0.1) is 11.3 Å². The number of carbonyl (C=O) groups excluding carboxylic acids is 2. The van der Waals surface area contributed by atoms with E-state index in [1.807, 2.05) is 41.3 Å². The zero-order valence-corrected chi connectivity index (χ0v) is 15.6. The second-order valence-corrected chi connectivity index (χ2v) is 7.59. The minimum absolute atomic E-state index is 0.0723. The van der Waals surface area contributed by atoms with Gasteiger partial charge in [0.2, 0.25) is 5.91 Å². The summed E-state index contributed by atoms with van der Waals surface area (Å²) >= 11 is 1.74. The molecule has 0 spiro atoms. The van der Waals surface area contributed by atoms with Gasteiger partial charge in [0.25, 0.3) is 0 Å². The van der Waals surface area contributed by atoms with Crippen molar-refractivity contribution in [2.45, 2.75) is 38.1 Å². The van der Waals surface area contributed by atoms with Crippen molar-refractivity contribution >= 4 is 29.0 Å². The Balaban J connectivity index is 1.34. The molecule has 0 aliphatic carbocycles. The Hall–Kier alpha value is -2.34. The van der Waals surface area contributed by atoms with Gasteiger partial charge in [-0.25, -0.2) is 4.79 Å². The van der Waals surface area contributed by atoms with E-state index < -0.39 is 0 Å². The molecule has 0 unspecified atom stereocenters. The van der Waals surface area contributed by atoms with Crippen molar-refractivity contribution in [3.8, 4) is 0 Å². The van der Waals surface area contributed by atoms with Gasteiger partial charge in [-0.2, -0.15) is 0 Å². The number of urea groups is 1. The van der Waals surface area contributed by atoms with E-state index in [1.54, 1.807) is 11.3 Å². The summed E-state index contributed by atoms with van der Waals surface area (Å²) in [5.41, 5.74) is 0.804. The average molecular weight is 372 g/mol. The van der Waals surface area contributed by atoms with Gasteiger partial charge >= 0.3 is 6.03 Å². The maximum atomic E-state index is 12.3. The Morgan fingerprint density at radius 1 is 1.08 bits per heavy atom. The minimum atomic E-state index is -0.0723. The summed E-state index contributed by atoms with van der Waals surface area (Å²) in [5.74, 6) is 0.119. The molecule has 1 saturated heterocycles. The highest BCUT2D eigenvalue weighted by molar-refractivity contribution is 7.09. The predicted molar refractivity (Wildman–Crippen MR) is 105 cm³/mol. The third-order valence-corrected chi connectivity index (χ3v) is 5.52. The lowest BCUT2D eigenvalue weighted by Gasteiger charge is -2.32. The monoisotopic (exact) mass is 371 g/mol. The molecule has 0 saturated carbocycles. The third kappa shape index (κ3) is 5.59. The van der Waals surface area contributed by atoms with E-state index in [1.165, 1.54) is 4.88 Å². The van der Waals surface area contributed by atoms with Gasteiger partial charge < -0.3 is 15.5 Å². The van der Waals surface area contributed by atoms with Crippen LogP contribution in [0.25, 0.3) is 0 Å². The zero-order valence-electron chi connectivity index (χ0n) is 14.8. The first-order valence-corrected chi connectivity index (χ1v) is 10.0. The maximum Gasteiger partial charge on any atom is 0.321 e. The molecule has 2 N–H and O–H groups in total. The first-order chi connectivity index (χ1) is 12.7. The maximum absolute atomic E-state index is 12.3. The number of para-hydroxylation sites is 1. The molecule has 2 aromatic rings. The van der Waals surface area contributed by atoms with Crippen molar-refractivity contribution in [3.05, 3.63) is 52.7 Å². The summed E-state index contributed by atoms with van der Waals surface area (Å²) in [4.78, 5) is 27.5. The standard InChI is InChI=1S/C20H25N3O2S/c24-19(10-4-8-18-9-5-15-26-18)21-17-11-13-23(14-12-17)20(25)22-16-6-2-1-3-7-16/h1-3,5-7,9,15,17H,4,8,10-14H2,(H,21,24)(H,22,25). The second-order valence-electron chi connectivity index (χ2n) is 6.56. The molecule has 0 radical (unpaired) electrons. The molecule has 5 nitrogen and oxygen atoms in total. The predicted octanol–water partition coefficient (Wildman–Crippen LogP) is 3.88. The Labute approximate surface area is 158 Å². The van der Waals surface area contributed by atoms with Gasteiger partial charge in [0, 0.05) is 36.1 Å². The van der Waals surface area contributed by atoms with Crippen LogP contribution in [-0.2, 0) is 11.2 Å². The van der Waals surface area contributed by atoms with Crippen LogP contribution in [0.15, 0.2) is 47.8 Å². The van der Waals surface area contributed by atoms with Crippen molar-refractivity contribution in [1.82, 2.24) is 10.2 Å². The number of hydrogen-bond donors (Lipinski definition) is 2. The molecule has 6 heteroatoms. The number of piperidine rings is 1. The van der Waals surface area contributed by atoms with E-state index >= 15 is 0 Å². The second kappa shape index (κ2) is 9.38. The van der Waals surface area contributed by atoms with Crippen molar-refractivity contribution in [2.75, 3.05) is 18.4 Å². The molecule has 1 aromatic heterocycles. The molecular formula is C20H25N3O2S. The summed E-state index contributed by atoms with van der Waals surface area (Å²) in [7, 11) is 0. The Morgan fingerprint density at radius 3 is 2.54 bits per heavy atom. The Kier molecular flexibility index (Phi) is 6.66. The topological polar surface area (TPSA) is 61.4 Å². The fourth-order valence-corrected chi connectivity index (χ4v) is 3.88. The summed E-state index contributed by atoms with van der Waals surface area (Å²) in [5, 5.41) is 8.09. The zero-order chi connectivity index (χ0) is 18.2. The van der Waals surface area contributed by atoms with Crippen LogP contribution in [0, 0.1) is 0 Å². The largest absolute Gasteiger partial charge is 0.353 e. The quantitative estimate of drug-likeness (QED) is 0.809. The first kappa shape index (κ1) is 18.5. The Morgan fingerprint density at radius 2 is 1.85 bits per heavy atom. The van der Waals surface area contributed by atoms with Crippen LogP contribution in [0.1, 0.15) is 30.6 Å². The first-order valence-electron chi connectivity index (χ1n) is 9.13. The summed E-state index contributed by atoms with van der Waals surface area (Å²) < 4.78 is 0. The number of anilines is 1. The van der Waals surface area contributed by atoms with E-state index in [0.717, 1.165) is 31.4 Å². The number of thiophene rings is 1. The number of hydrogen-bond acceptors (Lipinski definition) is 3. The number of likely N-dealkylation sites (tertiary alicyclic amines) is 1. The average Bonchev–Trinajstić information content (AvgIpc) is 3.16. The highest BCUT2D eigenvalue weighted by Crippen LogP contribution is 2.15. The molecule has 3 rings (SSSR count). The highest BCUT2D eigenvalue weighted by Gasteiger charge is 2.23. The van der Waals surface area contributed by atoms with Crippen LogP contribution in [0.2, 0.25) is 0 Å². The molecule has 0 bridgehead atoms. The van der Waals surface area contributed by atoms with Gasteiger partial charge in [0.05, 0.1) is 0 Å². The van der Waals surface area contributed by atoms with Gasteiger partial charge in [-0.3, -0.25) is 4.79 Å². The number of carbonyl (C=O) groups is 2. The molecule has 0 atom stereocenters. The highest BCUT2D eigenvalue weighted by atomic mass is 32.1. The number of rotatable bonds is 6. The molecule has 3 amide bonds. The van der Waals surface area contributed by atoms with Crippen molar-refractivity contribution in [2.24, 2.45) is 0 Å². The van der Waals surface area contributed by atoms with E-state index in [2.05, 4.69) is 22.1 Å². The molecular weight excluding hydrogens is 346 g/mol. The van der Waals surface area contributed by atoms with E-state index in [9.17, 15) is 9.59 Å². The Bertz CT molecular complexity index is 695. The van der Waals surface area contributed by atoms with Gasteiger partial charge in [-0.05, 0) is 49.3 Å². The van der Waals surface area contributed by atoms with E-state index in [0.29, 0.717) is 19.5 Å². The smallest absolute Gasteiger partial charge is 0.321 e. The molecule has 26 heavy (non-hydrogen) atoms. The SMILES string of the molecule is O=C(CCCc1cccs1)NC1CCN(C(=O)Nc2ccccc2)CC1. The summed E-state index contributed by atoms with van der Waals surface area (Å²) in [6.45, 7) is 1.33. The molecule has 138 valence electrons. The third-order valence-electron chi connectivity index (χ3n) is 4.58. The fraction of sp³-hybridized carbons (Fsp3) is 0.400. The van der Waals surface area contributed by atoms with Crippen LogP contribution in [0.3, 0.4) is 0 Å². The number of aryl methyl sites for hydroxylation is 1. The van der Waals surface area contributed by atoms with E-state index in [-0.39, 0.29) is 18.0 Å². The van der Waals surface area contributed by atoms with Crippen molar-refractivity contribution in [3.63, 3.8) is 0 Å². The molecule has 2 heterocycles. The molecule has 1 aromatic carbocycles. The van der Waals surface area contributed by atoms with Gasteiger partial charge in [-0.1, -0.05) is 24.3 Å². The molecule has 1 fully saturated rings. The van der Waals surface area contributed by atoms with Gasteiger partial charge in [0.15, 0.2) is 0 Å². The lowest BCUT2D eigenvalue weighted by atomic mass is 10.0. The molecule has 1 aliphatic heterocycles. The van der Waals surface area contributed by atoms with Crippen molar-refractivity contribution in [1.29, 1.82) is 0 Å². The number of nitrogens with zero attached hydrogens (tertiary/aromatic N) is 1.